The second kappa shape index (κ2) is 8.56. The number of hydrogen-bond acceptors (Lipinski definition) is 5. The van der Waals surface area contributed by atoms with Gasteiger partial charge in [0, 0.05) is 55.8 Å². The van der Waals surface area contributed by atoms with Crippen LogP contribution in [0.5, 0.6) is 11.5 Å². The lowest BCUT2D eigenvalue weighted by molar-refractivity contribution is -0.130. The molecule has 4 rings (SSSR count). The maximum absolute atomic E-state index is 12.7. The van der Waals surface area contributed by atoms with E-state index in [9.17, 15) is 4.79 Å². The molecule has 1 unspecified atom stereocenters. The van der Waals surface area contributed by atoms with E-state index in [4.69, 9.17) is 9.47 Å². The number of anilines is 1. The molecule has 0 bridgehead atoms. The summed E-state index contributed by atoms with van der Waals surface area (Å²) in [5.41, 5.74) is 5.14. The predicted octanol–water partition coefficient (Wildman–Crippen LogP) is 4.01. The maximum Gasteiger partial charge on any atom is 0.218 e. The van der Waals surface area contributed by atoms with Crippen LogP contribution in [0, 0.1) is 19.3 Å². The number of aryl methyl sites for hydroxylation is 2. The summed E-state index contributed by atoms with van der Waals surface area (Å²) in [7, 11) is 3.44. The van der Waals surface area contributed by atoms with Gasteiger partial charge in [0.15, 0.2) is 0 Å². The lowest BCUT2D eigenvalue weighted by Crippen LogP contribution is -2.67. The fourth-order valence-corrected chi connectivity index (χ4v) is 6.05. The number of benzene rings is 2. The molecule has 6 nitrogen and oxygen atoms in total. The molecular formula is C27H37N3O3. The van der Waals surface area contributed by atoms with Crippen LogP contribution in [0.3, 0.4) is 0 Å². The molecule has 1 saturated heterocycles. The van der Waals surface area contributed by atoms with Crippen LogP contribution < -0.4 is 19.7 Å². The van der Waals surface area contributed by atoms with Crippen molar-refractivity contribution in [1.29, 1.82) is 0 Å². The molecule has 1 N–H and O–H groups in total. The van der Waals surface area contributed by atoms with Crippen molar-refractivity contribution in [1.82, 2.24) is 10.2 Å². The molecule has 1 amide bonds. The van der Waals surface area contributed by atoms with Crippen molar-refractivity contribution in [2.24, 2.45) is 5.41 Å². The monoisotopic (exact) mass is 451 g/mol. The zero-order valence-corrected chi connectivity index (χ0v) is 21.0. The molecule has 178 valence electrons. The summed E-state index contributed by atoms with van der Waals surface area (Å²) in [5.74, 6) is 1.74. The SMILES string of the molecule is COc1cccc(N2CCN(C3(NC(C)=O)c4c(c(C)cc(C)c4OC)CC3(C)C)CC2)c1. The lowest BCUT2D eigenvalue weighted by atomic mass is 9.77. The third-order valence-corrected chi connectivity index (χ3v) is 7.49. The van der Waals surface area contributed by atoms with Gasteiger partial charge < -0.3 is 19.7 Å². The number of amides is 1. The summed E-state index contributed by atoms with van der Waals surface area (Å²) < 4.78 is 11.4. The van der Waals surface area contributed by atoms with Crippen LogP contribution in [-0.4, -0.2) is 51.2 Å². The summed E-state index contributed by atoms with van der Waals surface area (Å²) in [6.07, 6.45) is 0.890. The molecule has 0 saturated carbocycles. The molecule has 1 heterocycles. The minimum Gasteiger partial charge on any atom is -0.497 e. The normalized spacial score (nSPS) is 22.1. The molecule has 2 aromatic rings. The number of nitrogens with zero attached hydrogens (tertiary/aromatic N) is 2. The second-order valence-corrected chi connectivity index (χ2v) is 10.0. The highest BCUT2D eigenvalue weighted by molar-refractivity contribution is 5.75. The highest BCUT2D eigenvalue weighted by atomic mass is 16.5. The van der Waals surface area contributed by atoms with E-state index < -0.39 is 5.66 Å². The van der Waals surface area contributed by atoms with Crippen LogP contribution in [0.4, 0.5) is 5.69 Å². The van der Waals surface area contributed by atoms with Gasteiger partial charge in [0.1, 0.15) is 17.2 Å². The van der Waals surface area contributed by atoms with Gasteiger partial charge in [-0.2, -0.15) is 0 Å². The largest absolute Gasteiger partial charge is 0.497 e. The zero-order chi connectivity index (χ0) is 24.0. The summed E-state index contributed by atoms with van der Waals surface area (Å²) in [5, 5.41) is 3.44. The predicted molar refractivity (Wildman–Crippen MR) is 132 cm³/mol. The van der Waals surface area contributed by atoms with Gasteiger partial charge in [0.25, 0.3) is 0 Å². The minimum absolute atomic E-state index is 0.0210. The van der Waals surface area contributed by atoms with E-state index >= 15 is 0 Å². The molecule has 0 aromatic heterocycles. The number of ether oxygens (including phenoxy) is 2. The van der Waals surface area contributed by atoms with Crippen molar-refractivity contribution in [2.75, 3.05) is 45.3 Å². The van der Waals surface area contributed by atoms with Crippen molar-refractivity contribution < 1.29 is 14.3 Å². The summed E-state index contributed by atoms with van der Waals surface area (Å²) in [4.78, 5) is 17.5. The third-order valence-electron chi connectivity index (χ3n) is 7.49. The Bertz CT molecular complexity index is 1060. The molecule has 1 fully saturated rings. The highest BCUT2D eigenvalue weighted by Crippen LogP contribution is 2.56. The zero-order valence-electron chi connectivity index (χ0n) is 21.0. The topological polar surface area (TPSA) is 54.0 Å². The van der Waals surface area contributed by atoms with E-state index in [-0.39, 0.29) is 11.3 Å². The average molecular weight is 452 g/mol. The van der Waals surface area contributed by atoms with Gasteiger partial charge in [-0.05, 0) is 49.1 Å². The quantitative estimate of drug-likeness (QED) is 0.744. The number of carbonyl (C=O) groups excluding carboxylic acids is 1. The first kappa shape index (κ1) is 23.4. The molecule has 1 aliphatic heterocycles. The van der Waals surface area contributed by atoms with Gasteiger partial charge in [-0.15, -0.1) is 0 Å². The average Bonchev–Trinajstić information content (AvgIpc) is 3.02. The van der Waals surface area contributed by atoms with Gasteiger partial charge in [0.05, 0.1) is 14.2 Å². The fraction of sp³-hybridized carbons (Fsp3) is 0.519. The Hall–Kier alpha value is -2.73. The Morgan fingerprint density at radius 2 is 1.70 bits per heavy atom. The summed E-state index contributed by atoms with van der Waals surface area (Å²) >= 11 is 0. The Morgan fingerprint density at radius 3 is 2.30 bits per heavy atom. The smallest absolute Gasteiger partial charge is 0.218 e. The Balaban J connectivity index is 1.76. The third kappa shape index (κ3) is 3.74. The van der Waals surface area contributed by atoms with Crippen molar-refractivity contribution in [3.8, 4) is 11.5 Å². The molecule has 33 heavy (non-hydrogen) atoms. The molecule has 0 radical (unpaired) electrons. The summed E-state index contributed by atoms with van der Waals surface area (Å²) in [6, 6.07) is 10.4. The lowest BCUT2D eigenvalue weighted by Gasteiger charge is -2.53. The number of piperazine rings is 1. The van der Waals surface area contributed by atoms with Gasteiger partial charge >= 0.3 is 0 Å². The molecule has 6 heteroatoms. The van der Waals surface area contributed by atoms with E-state index in [1.807, 2.05) is 12.1 Å². The van der Waals surface area contributed by atoms with Crippen molar-refractivity contribution >= 4 is 11.6 Å². The maximum atomic E-state index is 12.7. The molecule has 0 spiro atoms. The molecular weight excluding hydrogens is 414 g/mol. The fourth-order valence-electron chi connectivity index (χ4n) is 6.05. The van der Waals surface area contributed by atoms with Crippen molar-refractivity contribution in [2.45, 2.75) is 46.7 Å². The first-order chi connectivity index (χ1) is 15.6. The van der Waals surface area contributed by atoms with Crippen LogP contribution in [0.2, 0.25) is 0 Å². The Kier molecular flexibility index (Phi) is 6.08. The summed E-state index contributed by atoms with van der Waals surface area (Å²) in [6.45, 7) is 13.8. The van der Waals surface area contributed by atoms with Crippen LogP contribution in [0.25, 0.3) is 0 Å². The van der Waals surface area contributed by atoms with Gasteiger partial charge in [0.2, 0.25) is 5.91 Å². The van der Waals surface area contributed by atoms with E-state index in [0.717, 1.165) is 60.9 Å². The van der Waals surface area contributed by atoms with Crippen LogP contribution in [0.15, 0.2) is 30.3 Å². The number of methoxy groups -OCH3 is 2. The van der Waals surface area contributed by atoms with E-state index in [0.29, 0.717) is 0 Å². The Labute approximate surface area is 197 Å². The van der Waals surface area contributed by atoms with Gasteiger partial charge in [-0.1, -0.05) is 26.0 Å². The first-order valence-electron chi connectivity index (χ1n) is 11.7. The molecule has 2 aliphatic rings. The molecule has 2 aromatic carbocycles. The number of rotatable bonds is 5. The first-order valence-corrected chi connectivity index (χ1v) is 11.7. The van der Waals surface area contributed by atoms with E-state index in [2.05, 4.69) is 61.0 Å². The number of hydrogen-bond donors (Lipinski definition) is 1. The van der Waals surface area contributed by atoms with Crippen molar-refractivity contribution in [3.63, 3.8) is 0 Å². The van der Waals surface area contributed by atoms with E-state index in [1.54, 1.807) is 21.1 Å². The second-order valence-electron chi connectivity index (χ2n) is 10.0. The number of carbonyl (C=O) groups is 1. The molecule has 1 aliphatic carbocycles. The Morgan fingerprint density at radius 1 is 1.00 bits per heavy atom. The number of nitrogens with one attached hydrogen (secondary N) is 1. The van der Waals surface area contributed by atoms with Crippen LogP contribution >= 0.6 is 0 Å². The highest BCUT2D eigenvalue weighted by Gasteiger charge is 2.59. The number of fused-ring (bicyclic) bond motifs is 1. The van der Waals surface area contributed by atoms with Gasteiger partial charge in [-0.3, -0.25) is 9.69 Å². The van der Waals surface area contributed by atoms with Crippen LogP contribution in [0.1, 0.15) is 43.0 Å². The van der Waals surface area contributed by atoms with Crippen LogP contribution in [-0.2, 0) is 16.9 Å². The standard InChI is InChI=1S/C27H37N3O3/c1-18-15-19(2)25(33-7)24-23(18)17-26(4,5)27(24,28-20(3)31)30-13-11-29(12-14-30)21-9-8-10-22(16-21)32-6/h8-10,15-16H,11-14,17H2,1-7H3,(H,28,31). The van der Waals surface area contributed by atoms with E-state index in [1.165, 1.54) is 11.1 Å². The molecule has 1 atom stereocenters. The minimum atomic E-state index is -0.628. The van der Waals surface area contributed by atoms with Crippen molar-refractivity contribution in [3.05, 3.63) is 52.6 Å². The van der Waals surface area contributed by atoms with Gasteiger partial charge in [-0.25, -0.2) is 0 Å².